The van der Waals surface area contributed by atoms with Crippen molar-refractivity contribution < 1.29 is 22.9 Å². The van der Waals surface area contributed by atoms with Crippen LogP contribution in [0, 0.1) is 10.1 Å². The third-order valence-corrected chi connectivity index (χ3v) is 9.91. The van der Waals surface area contributed by atoms with Gasteiger partial charge in [0.25, 0.3) is 27.5 Å². The minimum absolute atomic E-state index is 0.00261. The molecule has 1 aliphatic rings. The van der Waals surface area contributed by atoms with Crippen LogP contribution in [-0.4, -0.2) is 40.4 Å². The highest BCUT2D eigenvalue weighted by molar-refractivity contribution is 9.10. The summed E-state index contributed by atoms with van der Waals surface area (Å²) in [6.45, 7) is 0. The molecule has 4 aromatic carbocycles. The molecule has 0 radical (unpaired) electrons. The van der Waals surface area contributed by atoms with E-state index in [4.69, 9.17) is 12.2 Å². The number of hydrogen-bond acceptors (Lipinski definition) is 8. The number of non-ortho nitro benzene ring substituents is 1. The van der Waals surface area contributed by atoms with Crippen LogP contribution in [-0.2, 0) is 26.0 Å². The van der Waals surface area contributed by atoms with Crippen molar-refractivity contribution in [3.8, 4) is 11.1 Å². The van der Waals surface area contributed by atoms with Crippen molar-refractivity contribution in [3.05, 3.63) is 134 Å². The van der Waals surface area contributed by atoms with Crippen LogP contribution in [0.2, 0.25) is 0 Å². The second kappa shape index (κ2) is 13.2. The zero-order valence-corrected chi connectivity index (χ0v) is 26.7. The van der Waals surface area contributed by atoms with Gasteiger partial charge in [-0.15, -0.1) is 0 Å². The smallest absolute Gasteiger partial charge is 0.269 e. The first-order valence-electron chi connectivity index (χ1n) is 13.0. The lowest BCUT2D eigenvalue weighted by Gasteiger charge is -2.26. The maximum Gasteiger partial charge on any atom is 0.269 e. The maximum atomic E-state index is 13.7. The van der Waals surface area contributed by atoms with Gasteiger partial charge in [-0.05, 0) is 64.7 Å². The van der Waals surface area contributed by atoms with Crippen LogP contribution < -0.4 is 4.72 Å². The number of thioether (sulfide) groups is 1. The van der Waals surface area contributed by atoms with Crippen molar-refractivity contribution >= 4 is 77.8 Å². The van der Waals surface area contributed by atoms with Crippen molar-refractivity contribution in [1.29, 1.82) is 0 Å². The predicted octanol–water partition coefficient (Wildman–Crippen LogP) is 6.34. The number of sulfonamides is 1. The van der Waals surface area contributed by atoms with Crippen LogP contribution in [0.4, 0.5) is 5.69 Å². The minimum Gasteiger partial charge on any atom is -0.280 e. The number of amides is 2. The van der Waals surface area contributed by atoms with E-state index in [9.17, 15) is 28.1 Å². The molecule has 0 spiro atoms. The Hall–Kier alpha value is -4.17. The Bertz CT molecular complexity index is 1880. The summed E-state index contributed by atoms with van der Waals surface area (Å²) < 4.78 is 29.0. The third kappa shape index (κ3) is 7.13. The fourth-order valence-electron chi connectivity index (χ4n) is 4.45. The fraction of sp³-hybridized carbons (Fsp3) is 0.0645. The van der Waals surface area contributed by atoms with E-state index in [-0.39, 0.29) is 26.2 Å². The summed E-state index contributed by atoms with van der Waals surface area (Å²) in [5.74, 6) is -1.41. The van der Waals surface area contributed by atoms with Crippen LogP contribution in [0.3, 0.4) is 0 Å². The first-order valence-corrected chi connectivity index (χ1v) is 16.5. The van der Waals surface area contributed by atoms with Gasteiger partial charge in [-0.2, -0.15) is 0 Å². The zero-order chi connectivity index (χ0) is 31.4. The Labute approximate surface area is 271 Å². The van der Waals surface area contributed by atoms with Crippen molar-refractivity contribution in [2.24, 2.45) is 0 Å². The molecule has 0 bridgehead atoms. The van der Waals surface area contributed by atoms with Crippen LogP contribution in [0.25, 0.3) is 17.2 Å². The average Bonchev–Trinajstić information content (AvgIpc) is 3.29. The highest BCUT2D eigenvalue weighted by Gasteiger charge is 2.41. The van der Waals surface area contributed by atoms with Crippen molar-refractivity contribution in [3.63, 3.8) is 0 Å². The van der Waals surface area contributed by atoms with E-state index < -0.39 is 32.8 Å². The molecule has 44 heavy (non-hydrogen) atoms. The summed E-state index contributed by atoms with van der Waals surface area (Å²) in [6.07, 6.45) is 1.67. The van der Waals surface area contributed by atoms with Crippen LogP contribution in [0.1, 0.15) is 11.1 Å². The van der Waals surface area contributed by atoms with E-state index in [0.717, 1.165) is 32.3 Å². The molecular formula is C31H22BrN3O6S3. The Kier molecular flexibility index (Phi) is 9.39. The van der Waals surface area contributed by atoms with Gasteiger partial charge in [0.15, 0.2) is 0 Å². The maximum absolute atomic E-state index is 13.7. The molecule has 2 amide bonds. The van der Waals surface area contributed by atoms with Crippen LogP contribution in [0.5, 0.6) is 0 Å². The number of hydrogen-bond donors (Lipinski definition) is 1. The van der Waals surface area contributed by atoms with Gasteiger partial charge in [0.05, 0.1) is 14.7 Å². The van der Waals surface area contributed by atoms with Gasteiger partial charge in [-0.3, -0.25) is 24.6 Å². The summed E-state index contributed by atoms with van der Waals surface area (Å²) in [7, 11) is -4.21. The number of thiocarbonyl (C=S) groups is 1. The average molecular weight is 709 g/mol. The summed E-state index contributed by atoms with van der Waals surface area (Å²) in [5, 5.41) is 10.9. The lowest BCUT2D eigenvalue weighted by molar-refractivity contribution is -0.384. The van der Waals surface area contributed by atoms with E-state index in [1.165, 1.54) is 24.3 Å². The predicted molar refractivity (Wildman–Crippen MR) is 177 cm³/mol. The number of rotatable bonds is 9. The first-order chi connectivity index (χ1) is 21.0. The van der Waals surface area contributed by atoms with Crippen LogP contribution in [0.15, 0.2) is 117 Å². The molecule has 4 aromatic rings. The number of nitrogens with one attached hydrogen (secondary N) is 1. The highest BCUT2D eigenvalue weighted by Crippen LogP contribution is 2.35. The molecule has 13 heteroatoms. The van der Waals surface area contributed by atoms with Crippen LogP contribution >= 0.6 is 39.9 Å². The third-order valence-electron chi connectivity index (χ3n) is 6.69. The normalized spacial score (nSPS) is 14.9. The summed E-state index contributed by atoms with van der Waals surface area (Å²) in [4.78, 5) is 39.1. The number of benzene rings is 4. The number of halogens is 1. The van der Waals surface area contributed by atoms with Gasteiger partial charge in [0.2, 0.25) is 0 Å². The molecule has 9 nitrogen and oxygen atoms in total. The molecule has 0 aliphatic carbocycles. The van der Waals surface area contributed by atoms with E-state index in [1.807, 2.05) is 12.1 Å². The van der Waals surface area contributed by atoms with Crippen molar-refractivity contribution in [2.75, 3.05) is 0 Å². The number of carbonyl (C=O) groups excluding carboxylic acids is 2. The van der Waals surface area contributed by atoms with Gasteiger partial charge in [-0.1, -0.05) is 94.5 Å². The molecule has 0 saturated carbocycles. The Balaban J connectivity index is 1.40. The monoisotopic (exact) mass is 707 g/mol. The zero-order valence-electron chi connectivity index (χ0n) is 22.6. The largest absolute Gasteiger partial charge is 0.280 e. The molecule has 222 valence electrons. The lowest BCUT2D eigenvalue weighted by atomic mass is 10.0. The molecule has 1 saturated heterocycles. The molecule has 1 fully saturated rings. The second-order valence-corrected chi connectivity index (χ2v) is 13.9. The molecule has 1 N–H and O–H groups in total. The molecule has 1 aliphatic heterocycles. The molecule has 1 atom stereocenters. The van der Waals surface area contributed by atoms with Gasteiger partial charge < -0.3 is 0 Å². The Morgan fingerprint density at radius 1 is 0.955 bits per heavy atom. The molecule has 5 rings (SSSR count). The van der Waals surface area contributed by atoms with E-state index >= 15 is 0 Å². The Morgan fingerprint density at radius 3 is 2.14 bits per heavy atom. The van der Waals surface area contributed by atoms with Gasteiger partial charge in [-0.25, -0.2) is 13.1 Å². The topological polar surface area (TPSA) is 127 Å². The van der Waals surface area contributed by atoms with E-state index in [1.54, 1.807) is 72.8 Å². The number of nitro benzene ring substituents is 1. The first kappa shape index (κ1) is 31.3. The van der Waals surface area contributed by atoms with Gasteiger partial charge in [0.1, 0.15) is 10.4 Å². The van der Waals surface area contributed by atoms with Crippen molar-refractivity contribution in [2.45, 2.75) is 17.4 Å². The fourth-order valence-corrected chi connectivity index (χ4v) is 7.11. The summed E-state index contributed by atoms with van der Waals surface area (Å²) in [6, 6.07) is 26.8. The molecular weight excluding hydrogens is 686 g/mol. The SMILES string of the molecule is O=C(NS(=O)(=O)c1ccccc1)[C@H](Cc1ccc(Br)cc1)N1C(=O)/C(=C/c2ccc(-c3ccc([N+](=O)[O-])cc3)cc2)SC1=S. The number of carbonyl (C=O) groups is 2. The highest BCUT2D eigenvalue weighted by atomic mass is 79.9. The molecule has 1 heterocycles. The van der Waals surface area contributed by atoms with E-state index in [0.29, 0.717) is 11.1 Å². The summed E-state index contributed by atoms with van der Waals surface area (Å²) in [5.41, 5.74) is 3.01. The van der Waals surface area contributed by atoms with Crippen molar-refractivity contribution in [1.82, 2.24) is 9.62 Å². The Morgan fingerprint density at radius 2 is 1.55 bits per heavy atom. The minimum atomic E-state index is -4.21. The second-order valence-electron chi connectivity index (χ2n) is 9.61. The lowest BCUT2D eigenvalue weighted by Crippen LogP contribution is -2.51. The van der Waals surface area contributed by atoms with Gasteiger partial charge >= 0.3 is 0 Å². The number of nitrogens with zero attached hydrogens (tertiary/aromatic N) is 2. The molecule has 0 unspecified atom stereocenters. The summed E-state index contributed by atoms with van der Waals surface area (Å²) >= 11 is 9.93. The number of nitro groups is 1. The van der Waals surface area contributed by atoms with E-state index in [2.05, 4.69) is 20.7 Å². The standard InChI is InChI=1S/C31H22BrN3O6S3/c32-24-14-8-20(9-15-24)18-27(29(36)33-44(40,41)26-4-2-1-3-5-26)34-30(37)28(43-31(34)42)19-21-6-10-22(11-7-21)23-12-16-25(17-13-23)35(38)39/h1-17,19,27H,18H2,(H,33,36)/b28-19-/t27-/m0/s1. The van der Waals surface area contributed by atoms with Gasteiger partial charge in [0, 0.05) is 23.0 Å². The quantitative estimate of drug-likeness (QED) is 0.0924. The molecule has 0 aromatic heterocycles.